The van der Waals surface area contributed by atoms with E-state index in [1.165, 1.54) is 0 Å². The Labute approximate surface area is 106 Å². The zero-order valence-corrected chi connectivity index (χ0v) is 10.4. The van der Waals surface area contributed by atoms with Crippen molar-refractivity contribution in [3.05, 3.63) is 0 Å². The van der Waals surface area contributed by atoms with Crippen molar-refractivity contribution in [1.29, 1.82) is 0 Å². The predicted octanol–water partition coefficient (Wildman–Crippen LogP) is -0.229. The van der Waals surface area contributed by atoms with Crippen LogP contribution >= 0.6 is 0 Å². The Morgan fingerprint density at radius 1 is 1.33 bits per heavy atom. The summed E-state index contributed by atoms with van der Waals surface area (Å²) in [5.74, 6) is -1.39. The Kier molecular flexibility index (Phi) is 5.57. The van der Waals surface area contributed by atoms with Gasteiger partial charge in [-0.2, -0.15) is 0 Å². The van der Waals surface area contributed by atoms with E-state index in [-0.39, 0.29) is 6.54 Å². The third-order valence-electron chi connectivity index (χ3n) is 2.84. The quantitative estimate of drug-likeness (QED) is 0.646. The molecule has 0 aromatic carbocycles. The van der Waals surface area contributed by atoms with E-state index in [0.717, 1.165) is 12.8 Å². The highest BCUT2D eigenvalue weighted by Crippen LogP contribution is 2.16. The lowest BCUT2D eigenvalue weighted by Crippen LogP contribution is -2.51. The molecule has 102 valence electrons. The lowest BCUT2D eigenvalue weighted by molar-refractivity contribution is -0.145. The second-order valence-corrected chi connectivity index (χ2v) is 4.23. The maximum atomic E-state index is 11.6. The second-order valence-electron chi connectivity index (χ2n) is 4.23. The molecule has 1 saturated heterocycles. The highest BCUT2D eigenvalue weighted by atomic mass is 16.4. The van der Waals surface area contributed by atoms with Crippen molar-refractivity contribution in [3.8, 4) is 0 Å². The van der Waals surface area contributed by atoms with Gasteiger partial charge in [-0.25, -0.2) is 4.79 Å². The van der Waals surface area contributed by atoms with Crippen LogP contribution in [-0.2, 0) is 9.59 Å². The van der Waals surface area contributed by atoms with Gasteiger partial charge >= 0.3 is 12.0 Å². The van der Waals surface area contributed by atoms with Crippen molar-refractivity contribution in [2.24, 2.45) is 0 Å². The fraction of sp³-hybridized carbons (Fsp3) is 0.727. The first-order valence-corrected chi connectivity index (χ1v) is 6.09. The molecule has 0 bridgehead atoms. The van der Waals surface area contributed by atoms with Gasteiger partial charge in [-0.3, -0.25) is 19.8 Å². The van der Waals surface area contributed by atoms with Crippen LogP contribution in [0.1, 0.15) is 26.2 Å². The van der Waals surface area contributed by atoms with E-state index in [0.29, 0.717) is 19.5 Å². The predicted molar refractivity (Wildman–Crippen MR) is 64.1 cm³/mol. The average molecular weight is 257 g/mol. The molecule has 1 heterocycles. The lowest BCUT2D eigenvalue weighted by atomic mass is 10.0. The number of aliphatic carboxylic acids is 1. The number of nitrogens with one attached hydrogen (secondary N) is 2. The first-order chi connectivity index (χ1) is 8.54. The minimum atomic E-state index is -0.916. The molecule has 1 atom stereocenters. The number of rotatable bonds is 4. The van der Waals surface area contributed by atoms with Crippen LogP contribution in [0.4, 0.5) is 4.79 Å². The number of nitrogens with zero attached hydrogens (tertiary/aromatic N) is 1. The SMILES string of the molecule is CCNC(=O)NC(=O)CN1CCCCC1C(=O)O. The van der Waals surface area contributed by atoms with E-state index in [1.807, 2.05) is 0 Å². The van der Waals surface area contributed by atoms with Crippen molar-refractivity contribution in [2.75, 3.05) is 19.6 Å². The summed E-state index contributed by atoms with van der Waals surface area (Å²) < 4.78 is 0. The largest absolute Gasteiger partial charge is 0.480 e. The number of piperidine rings is 1. The molecule has 0 saturated carbocycles. The van der Waals surface area contributed by atoms with E-state index in [2.05, 4.69) is 10.6 Å². The number of carbonyl (C=O) groups is 3. The van der Waals surface area contributed by atoms with Gasteiger partial charge < -0.3 is 10.4 Å². The van der Waals surface area contributed by atoms with Crippen molar-refractivity contribution in [3.63, 3.8) is 0 Å². The molecular formula is C11H19N3O4. The molecule has 0 aromatic rings. The van der Waals surface area contributed by atoms with Gasteiger partial charge in [0.05, 0.1) is 6.54 Å². The molecular weight excluding hydrogens is 238 g/mol. The third kappa shape index (κ3) is 4.33. The van der Waals surface area contributed by atoms with Gasteiger partial charge in [0.15, 0.2) is 0 Å². The molecule has 1 rings (SSSR count). The molecule has 7 heteroatoms. The summed E-state index contributed by atoms with van der Waals surface area (Å²) in [5, 5.41) is 13.6. The highest BCUT2D eigenvalue weighted by molar-refractivity contribution is 5.95. The van der Waals surface area contributed by atoms with Gasteiger partial charge in [-0.1, -0.05) is 6.42 Å². The molecule has 0 radical (unpaired) electrons. The number of carboxylic acids is 1. The number of urea groups is 1. The van der Waals surface area contributed by atoms with Gasteiger partial charge in [0, 0.05) is 6.54 Å². The van der Waals surface area contributed by atoms with Crippen molar-refractivity contribution >= 4 is 17.9 Å². The van der Waals surface area contributed by atoms with Crippen molar-refractivity contribution in [2.45, 2.75) is 32.2 Å². The van der Waals surface area contributed by atoms with E-state index in [4.69, 9.17) is 5.11 Å². The van der Waals surface area contributed by atoms with Crippen LogP contribution in [0.15, 0.2) is 0 Å². The zero-order valence-electron chi connectivity index (χ0n) is 10.4. The maximum Gasteiger partial charge on any atom is 0.321 e. The molecule has 1 fully saturated rings. The normalized spacial score (nSPS) is 20.2. The molecule has 1 aliphatic rings. The first-order valence-electron chi connectivity index (χ1n) is 6.09. The standard InChI is InChI=1S/C11H19N3O4/c1-2-12-11(18)13-9(15)7-14-6-4-3-5-8(14)10(16)17/h8H,2-7H2,1H3,(H,16,17)(H2,12,13,15,18). The van der Waals surface area contributed by atoms with Gasteiger partial charge in [0.25, 0.3) is 0 Å². The fourth-order valence-corrected chi connectivity index (χ4v) is 2.02. The molecule has 0 aromatic heterocycles. The molecule has 18 heavy (non-hydrogen) atoms. The summed E-state index contributed by atoms with van der Waals surface area (Å²) in [7, 11) is 0. The molecule has 3 amide bonds. The van der Waals surface area contributed by atoms with E-state index >= 15 is 0 Å². The Hall–Kier alpha value is -1.63. The molecule has 1 aliphatic heterocycles. The van der Waals surface area contributed by atoms with E-state index in [9.17, 15) is 14.4 Å². The highest BCUT2D eigenvalue weighted by Gasteiger charge is 2.29. The fourth-order valence-electron chi connectivity index (χ4n) is 2.02. The summed E-state index contributed by atoms with van der Waals surface area (Å²) in [6.45, 7) is 2.68. The first kappa shape index (κ1) is 14.4. The van der Waals surface area contributed by atoms with Gasteiger partial charge in [0.1, 0.15) is 6.04 Å². The maximum absolute atomic E-state index is 11.6. The Morgan fingerprint density at radius 3 is 2.67 bits per heavy atom. The molecule has 7 nitrogen and oxygen atoms in total. The summed E-state index contributed by atoms with van der Waals surface area (Å²) in [6, 6.07) is -1.18. The summed E-state index contributed by atoms with van der Waals surface area (Å²) >= 11 is 0. The summed E-state index contributed by atoms with van der Waals surface area (Å²) in [6.07, 6.45) is 2.27. The Morgan fingerprint density at radius 2 is 2.06 bits per heavy atom. The summed E-state index contributed by atoms with van der Waals surface area (Å²) in [5.41, 5.74) is 0. The van der Waals surface area contributed by atoms with Crippen LogP contribution in [0.2, 0.25) is 0 Å². The van der Waals surface area contributed by atoms with Gasteiger partial charge in [0.2, 0.25) is 5.91 Å². The minimum Gasteiger partial charge on any atom is -0.480 e. The van der Waals surface area contributed by atoms with E-state index < -0.39 is 23.9 Å². The zero-order chi connectivity index (χ0) is 13.5. The second kappa shape index (κ2) is 6.95. The number of carbonyl (C=O) groups excluding carboxylic acids is 2. The van der Waals surface area contributed by atoms with Crippen LogP contribution in [0.3, 0.4) is 0 Å². The average Bonchev–Trinajstić information content (AvgIpc) is 2.29. The Bertz CT molecular complexity index is 332. The Balaban J connectivity index is 2.46. The summed E-state index contributed by atoms with van der Waals surface area (Å²) in [4.78, 5) is 35.3. The van der Waals surface area contributed by atoms with E-state index in [1.54, 1.807) is 11.8 Å². The third-order valence-corrected chi connectivity index (χ3v) is 2.84. The molecule has 0 aliphatic carbocycles. The van der Waals surface area contributed by atoms with Crippen LogP contribution < -0.4 is 10.6 Å². The number of hydrogen-bond donors (Lipinski definition) is 3. The van der Waals surface area contributed by atoms with Gasteiger partial charge in [-0.05, 0) is 26.3 Å². The molecule has 0 spiro atoms. The van der Waals surface area contributed by atoms with Crippen LogP contribution in [-0.4, -0.2) is 53.6 Å². The van der Waals surface area contributed by atoms with Crippen molar-refractivity contribution in [1.82, 2.24) is 15.5 Å². The molecule has 1 unspecified atom stereocenters. The van der Waals surface area contributed by atoms with Crippen LogP contribution in [0, 0.1) is 0 Å². The lowest BCUT2D eigenvalue weighted by Gasteiger charge is -2.31. The monoisotopic (exact) mass is 257 g/mol. The molecule has 3 N–H and O–H groups in total. The van der Waals surface area contributed by atoms with Gasteiger partial charge in [-0.15, -0.1) is 0 Å². The number of amides is 3. The topological polar surface area (TPSA) is 98.7 Å². The number of hydrogen-bond acceptors (Lipinski definition) is 4. The van der Waals surface area contributed by atoms with Crippen LogP contribution in [0.5, 0.6) is 0 Å². The number of imide groups is 1. The number of carboxylic acid groups (broad SMARTS) is 1. The minimum absolute atomic E-state index is 0.0614. The van der Waals surface area contributed by atoms with Crippen molar-refractivity contribution < 1.29 is 19.5 Å². The van der Waals surface area contributed by atoms with Crippen LogP contribution in [0.25, 0.3) is 0 Å². The number of likely N-dealkylation sites (tertiary alicyclic amines) is 1. The smallest absolute Gasteiger partial charge is 0.321 e.